The van der Waals surface area contributed by atoms with Crippen molar-refractivity contribution in [1.82, 2.24) is 10.2 Å². The Bertz CT molecular complexity index is 1460. The van der Waals surface area contributed by atoms with Gasteiger partial charge in [-0.15, -0.1) is 0 Å². The molecule has 1 atom stereocenters. The second kappa shape index (κ2) is 12.8. The summed E-state index contributed by atoms with van der Waals surface area (Å²) in [6, 6.07) is 14.0. The van der Waals surface area contributed by atoms with Crippen molar-refractivity contribution in [2.45, 2.75) is 38.3 Å². The first-order chi connectivity index (χ1) is 18.9. The summed E-state index contributed by atoms with van der Waals surface area (Å²) < 4.78 is 53.2. The van der Waals surface area contributed by atoms with Gasteiger partial charge in [0.15, 0.2) is 11.5 Å². The van der Waals surface area contributed by atoms with E-state index in [1.807, 2.05) is 19.9 Å². The molecule has 0 aromatic heterocycles. The fraction of sp³-hybridized carbons (Fsp3) is 0.310. The first-order valence-corrected chi connectivity index (χ1v) is 13.9. The lowest BCUT2D eigenvalue weighted by molar-refractivity contribution is -0.139. The highest BCUT2D eigenvalue weighted by atomic mass is 32.2. The van der Waals surface area contributed by atoms with Crippen LogP contribution in [-0.4, -0.2) is 59.0 Å². The molecule has 214 valence electrons. The predicted molar refractivity (Wildman–Crippen MR) is 150 cm³/mol. The van der Waals surface area contributed by atoms with Crippen LogP contribution < -0.4 is 19.1 Å². The Morgan fingerprint density at radius 2 is 1.52 bits per heavy atom. The van der Waals surface area contributed by atoms with Crippen LogP contribution in [0, 0.1) is 19.7 Å². The van der Waals surface area contributed by atoms with E-state index in [0.717, 1.165) is 15.4 Å². The van der Waals surface area contributed by atoms with Gasteiger partial charge < -0.3 is 19.7 Å². The zero-order valence-corrected chi connectivity index (χ0v) is 24.2. The smallest absolute Gasteiger partial charge is 0.264 e. The highest BCUT2D eigenvalue weighted by Crippen LogP contribution is 2.33. The molecule has 1 N–H and O–H groups in total. The minimum Gasteiger partial charge on any atom is -0.493 e. The first-order valence-electron chi connectivity index (χ1n) is 12.5. The normalized spacial score (nSPS) is 11.9. The third-order valence-electron chi connectivity index (χ3n) is 6.40. The quantitative estimate of drug-likeness (QED) is 0.375. The maximum atomic E-state index is 14.1. The topological polar surface area (TPSA) is 105 Å². The Kier molecular flexibility index (Phi) is 9.75. The second-order valence-electron chi connectivity index (χ2n) is 9.31. The molecule has 0 saturated carbocycles. The number of nitrogens with zero attached hydrogens (tertiary/aromatic N) is 2. The fourth-order valence-corrected chi connectivity index (χ4v) is 5.72. The number of carbonyl (C=O) groups excluding carboxylic acids is 2. The lowest BCUT2D eigenvalue weighted by atomic mass is 10.1. The molecule has 0 aliphatic rings. The molecular formula is C29H34FN3O6S. The molecule has 40 heavy (non-hydrogen) atoms. The Labute approximate surface area is 234 Å². The molecule has 3 aromatic carbocycles. The molecule has 0 radical (unpaired) electrons. The van der Waals surface area contributed by atoms with Gasteiger partial charge in [0.05, 0.1) is 24.8 Å². The van der Waals surface area contributed by atoms with Crippen LogP contribution in [-0.2, 0) is 26.2 Å². The minimum atomic E-state index is -4.30. The monoisotopic (exact) mass is 571 g/mol. The summed E-state index contributed by atoms with van der Waals surface area (Å²) in [6.07, 6.45) is 0. The van der Waals surface area contributed by atoms with Gasteiger partial charge in [-0.2, -0.15) is 0 Å². The van der Waals surface area contributed by atoms with Crippen molar-refractivity contribution in [2.24, 2.45) is 0 Å². The van der Waals surface area contributed by atoms with E-state index in [4.69, 9.17) is 9.47 Å². The lowest BCUT2D eigenvalue weighted by Gasteiger charge is -2.32. The van der Waals surface area contributed by atoms with Crippen molar-refractivity contribution >= 4 is 27.5 Å². The van der Waals surface area contributed by atoms with Gasteiger partial charge in [0.1, 0.15) is 18.4 Å². The van der Waals surface area contributed by atoms with Crippen LogP contribution in [0.5, 0.6) is 11.5 Å². The van der Waals surface area contributed by atoms with Crippen LogP contribution in [0.3, 0.4) is 0 Å². The van der Waals surface area contributed by atoms with Gasteiger partial charge in [-0.3, -0.25) is 13.9 Å². The third kappa shape index (κ3) is 6.90. The number of carbonyl (C=O) groups is 2. The third-order valence-corrected chi connectivity index (χ3v) is 8.17. The molecule has 0 aliphatic heterocycles. The first kappa shape index (κ1) is 30.4. The zero-order valence-electron chi connectivity index (χ0n) is 23.4. The molecule has 0 spiro atoms. The number of amides is 2. The van der Waals surface area contributed by atoms with Crippen molar-refractivity contribution in [3.8, 4) is 11.5 Å². The van der Waals surface area contributed by atoms with Crippen LogP contribution in [0.15, 0.2) is 65.6 Å². The molecule has 9 nitrogen and oxygen atoms in total. The van der Waals surface area contributed by atoms with E-state index in [0.29, 0.717) is 11.3 Å². The van der Waals surface area contributed by atoms with Crippen LogP contribution in [0.25, 0.3) is 0 Å². The van der Waals surface area contributed by atoms with Gasteiger partial charge in [0, 0.05) is 19.7 Å². The standard InChI is InChI=1S/C29H34FN3O6S/c1-19-13-20(2)15-24(14-19)33(40(36,37)25-11-12-26(38-5)27(16-25)39-6)18-28(34)32(21(3)29(35)31-4)17-22-7-9-23(30)10-8-22/h7-16,21H,17-18H2,1-6H3,(H,31,35)/t21-/m1/s1. The summed E-state index contributed by atoms with van der Waals surface area (Å²) in [5, 5.41) is 2.52. The molecule has 0 heterocycles. The largest absolute Gasteiger partial charge is 0.493 e. The number of nitrogens with one attached hydrogen (secondary N) is 1. The summed E-state index contributed by atoms with van der Waals surface area (Å²) in [6.45, 7) is 4.57. The second-order valence-corrected chi connectivity index (χ2v) is 11.2. The summed E-state index contributed by atoms with van der Waals surface area (Å²) in [7, 11) is -0.0204. The van der Waals surface area contributed by atoms with E-state index in [9.17, 15) is 22.4 Å². The van der Waals surface area contributed by atoms with Gasteiger partial charge in [-0.1, -0.05) is 18.2 Å². The average Bonchev–Trinajstić information content (AvgIpc) is 2.93. The molecule has 0 aliphatic carbocycles. The molecule has 2 amide bonds. The SMILES string of the molecule is CNC(=O)[C@@H](C)N(Cc1ccc(F)cc1)C(=O)CN(c1cc(C)cc(C)c1)S(=O)(=O)c1ccc(OC)c(OC)c1. The van der Waals surface area contributed by atoms with Crippen LogP contribution in [0.2, 0.25) is 0 Å². The fourth-order valence-electron chi connectivity index (χ4n) is 4.31. The molecule has 0 saturated heterocycles. The number of likely N-dealkylation sites (N-methyl/N-ethyl adjacent to an activating group) is 1. The van der Waals surface area contributed by atoms with Gasteiger partial charge in [-0.05, 0) is 73.9 Å². The van der Waals surface area contributed by atoms with E-state index < -0.39 is 40.2 Å². The Morgan fingerprint density at radius 3 is 2.08 bits per heavy atom. The molecule has 0 unspecified atom stereocenters. The molecule has 0 fully saturated rings. The highest BCUT2D eigenvalue weighted by Gasteiger charge is 2.33. The number of hydrogen-bond donors (Lipinski definition) is 1. The molecule has 3 aromatic rings. The molecule has 11 heteroatoms. The van der Waals surface area contributed by atoms with Crippen molar-refractivity contribution < 1.29 is 31.9 Å². The number of aryl methyl sites for hydroxylation is 2. The van der Waals surface area contributed by atoms with Gasteiger partial charge in [0.2, 0.25) is 11.8 Å². The van der Waals surface area contributed by atoms with Crippen LogP contribution >= 0.6 is 0 Å². The Morgan fingerprint density at radius 1 is 0.925 bits per heavy atom. The van der Waals surface area contributed by atoms with Crippen molar-refractivity contribution in [3.63, 3.8) is 0 Å². The summed E-state index contributed by atoms with van der Waals surface area (Å²) in [5.41, 5.74) is 2.47. The summed E-state index contributed by atoms with van der Waals surface area (Å²) >= 11 is 0. The van der Waals surface area contributed by atoms with Crippen molar-refractivity contribution in [3.05, 3.63) is 83.2 Å². The van der Waals surface area contributed by atoms with E-state index in [1.165, 1.54) is 68.6 Å². The maximum Gasteiger partial charge on any atom is 0.264 e. The average molecular weight is 572 g/mol. The number of anilines is 1. The van der Waals surface area contributed by atoms with Gasteiger partial charge in [-0.25, -0.2) is 12.8 Å². The van der Waals surface area contributed by atoms with Crippen LogP contribution in [0.1, 0.15) is 23.6 Å². The number of halogens is 1. The van der Waals surface area contributed by atoms with E-state index >= 15 is 0 Å². The number of ether oxygens (including phenoxy) is 2. The van der Waals surface area contributed by atoms with Crippen molar-refractivity contribution in [2.75, 3.05) is 32.1 Å². The number of sulfonamides is 1. The minimum absolute atomic E-state index is 0.0369. The molecule has 3 rings (SSSR count). The van der Waals surface area contributed by atoms with Crippen molar-refractivity contribution in [1.29, 1.82) is 0 Å². The lowest BCUT2D eigenvalue weighted by Crippen LogP contribution is -2.50. The highest BCUT2D eigenvalue weighted by molar-refractivity contribution is 7.92. The van der Waals surface area contributed by atoms with Crippen LogP contribution in [0.4, 0.5) is 10.1 Å². The number of rotatable bonds is 11. The van der Waals surface area contributed by atoms with E-state index in [-0.39, 0.29) is 22.9 Å². The predicted octanol–water partition coefficient (Wildman–Crippen LogP) is 3.82. The van der Waals surface area contributed by atoms with Gasteiger partial charge in [0.25, 0.3) is 10.0 Å². The number of methoxy groups -OCH3 is 2. The zero-order chi connectivity index (χ0) is 29.6. The summed E-state index contributed by atoms with van der Waals surface area (Å²) in [4.78, 5) is 27.6. The Hall–Kier alpha value is -4.12. The maximum absolute atomic E-state index is 14.1. The van der Waals surface area contributed by atoms with Gasteiger partial charge >= 0.3 is 0 Å². The summed E-state index contributed by atoms with van der Waals surface area (Å²) in [5.74, 6) is -0.940. The number of hydrogen-bond acceptors (Lipinski definition) is 6. The van der Waals surface area contributed by atoms with E-state index in [2.05, 4.69) is 5.32 Å². The Balaban J connectivity index is 2.10. The van der Waals surface area contributed by atoms with E-state index in [1.54, 1.807) is 19.1 Å². The molecular weight excluding hydrogens is 537 g/mol. The molecule has 0 bridgehead atoms. The number of benzene rings is 3.